The van der Waals surface area contributed by atoms with Crippen LogP contribution in [-0.4, -0.2) is 37.2 Å². The summed E-state index contributed by atoms with van der Waals surface area (Å²) in [6.45, 7) is 1.09. The van der Waals surface area contributed by atoms with Crippen LogP contribution in [0.25, 0.3) is 0 Å². The molecule has 0 aliphatic carbocycles. The Morgan fingerprint density at radius 2 is 2.07 bits per heavy atom. The molecule has 0 aromatic heterocycles. The first-order chi connectivity index (χ1) is 12.8. The third kappa shape index (κ3) is 3.18. The zero-order valence-electron chi connectivity index (χ0n) is 14.1. The number of ether oxygens (including phenoxy) is 1. The van der Waals surface area contributed by atoms with E-state index in [1.165, 1.54) is 43.3 Å². The minimum Gasteiger partial charge on any atom is -0.484 e. The number of nitriles is 1. The first-order valence-electron chi connectivity index (χ1n) is 7.90. The molecule has 0 saturated heterocycles. The molecule has 10 heteroatoms. The highest BCUT2D eigenvalue weighted by Gasteiger charge is 2.41. The Labute approximate surface area is 155 Å². The maximum atomic E-state index is 13.3. The normalized spacial score (nSPS) is 18.9. The van der Waals surface area contributed by atoms with Crippen molar-refractivity contribution in [1.29, 1.82) is 5.26 Å². The van der Waals surface area contributed by atoms with Gasteiger partial charge >= 0.3 is 0 Å². The van der Waals surface area contributed by atoms with Gasteiger partial charge in [0.05, 0.1) is 34.1 Å². The fourth-order valence-electron chi connectivity index (χ4n) is 2.90. The highest BCUT2D eigenvalue weighted by atomic mass is 32.2. The molecule has 0 fully saturated rings. The number of nitro groups is 1. The highest BCUT2D eigenvalue weighted by Crippen LogP contribution is 2.41. The Morgan fingerprint density at radius 1 is 1.33 bits per heavy atom. The summed E-state index contributed by atoms with van der Waals surface area (Å²) in [6.07, 6.45) is -0.854. The topological polar surface area (TPSA) is 134 Å². The summed E-state index contributed by atoms with van der Waals surface area (Å²) < 4.78 is 33.2. The van der Waals surface area contributed by atoms with Crippen molar-refractivity contribution in [3.63, 3.8) is 0 Å². The summed E-state index contributed by atoms with van der Waals surface area (Å²) in [5.41, 5.74) is -0.128. The van der Waals surface area contributed by atoms with E-state index >= 15 is 0 Å². The van der Waals surface area contributed by atoms with Crippen molar-refractivity contribution in [2.24, 2.45) is 0 Å². The second-order valence-electron chi connectivity index (χ2n) is 5.93. The number of non-ortho nitro benzene ring substituents is 1. The van der Waals surface area contributed by atoms with Crippen molar-refractivity contribution in [1.82, 2.24) is 0 Å². The van der Waals surface area contributed by atoms with Gasteiger partial charge < -0.3 is 9.84 Å². The average molecular weight is 389 g/mol. The number of sulfonamides is 1. The molecule has 3 rings (SSSR count). The van der Waals surface area contributed by atoms with Gasteiger partial charge in [-0.3, -0.25) is 14.4 Å². The van der Waals surface area contributed by atoms with Crippen LogP contribution in [-0.2, 0) is 10.0 Å². The molecular weight excluding hydrogens is 374 g/mol. The summed E-state index contributed by atoms with van der Waals surface area (Å²) in [6, 6.07) is 10.1. The number of fused-ring (bicyclic) bond motifs is 1. The van der Waals surface area contributed by atoms with Gasteiger partial charge in [-0.2, -0.15) is 5.26 Å². The molecule has 1 heterocycles. The molecule has 0 bridgehead atoms. The van der Waals surface area contributed by atoms with E-state index < -0.39 is 33.7 Å². The largest absolute Gasteiger partial charge is 0.484 e. The number of nitrogens with zero attached hydrogens (tertiary/aromatic N) is 3. The summed E-state index contributed by atoms with van der Waals surface area (Å²) in [4.78, 5) is 10.3. The maximum Gasteiger partial charge on any atom is 0.271 e. The van der Waals surface area contributed by atoms with Gasteiger partial charge in [-0.15, -0.1) is 0 Å². The van der Waals surface area contributed by atoms with Crippen molar-refractivity contribution < 1.29 is 23.2 Å². The van der Waals surface area contributed by atoms with Crippen LogP contribution in [0.3, 0.4) is 0 Å². The minimum atomic E-state index is -4.17. The molecular formula is C17H15N3O6S. The number of nitro benzene ring substituents is 1. The number of hydrogen-bond donors (Lipinski definition) is 1. The zero-order chi connectivity index (χ0) is 19.8. The van der Waals surface area contributed by atoms with E-state index in [0.717, 1.165) is 10.4 Å². The molecule has 2 aromatic rings. The van der Waals surface area contributed by atoms with E-state index in [9.17, 15) is 23.6 Å². The molecule has 1 unspecified atom stereocenters. The molecule has 1 aliphatic rings. The Morgan fingerprint density at radius 3 is 2.70 bits per heavy atom. The molecule has 0 spiro atoms. The Balaban J connectivity index is 2.22. The maximum absolute atomic E-state index is 13.3. The molecule has 1 aliphatic heterocycles. The van der Waals surface area contributed by atoms with Crippen molar-refractivity contribution in [2.45, 2.75) is 24.0 Å². The van der Waals surface area contributed by atoms with Gasteiger partial charge in [-0.1, -0.05) is 6.07 Å². The smallest absolute Gasteiger partial charge is 0.271 e. The summed E-state index contributed by atoms with van der Waals surface area (Å²) in [7, 11) is -4.17. The van der Waals surface area contributed by atoms with E-state index in [0.29, 0.717) is 0 Å². The SMILES string of the molecule is C[C@H]1C(CO)Oc2ccc([N+](=O)[O-])cc2N1S(=O)(=O)c1cccc(C#N)c1. The number of anilines is 1. The van der Waals surface area contributed by atoms with Crippen molar-refractivity contribution in [2.75, 3.05) is 10.9 Å². The van der Waals surface area contributed by atoms with Gasteiger partial charge in [-0.05, 0) is 31.2 Å². The van der Waals surface area contributed by atoms with Crippen LogP contribution in [0.1, 0.15) is 12.5 Å². The first-order valence-corrected chi connectivity index (χ1v) is 9.34. The van der Waals surface area contributed by atoms with E-state index in [4.69, 9.17) is 10.00 Å². The predicted molar refractivity (Wildman–Crippen MR) is 94.9 cm³/mol. The van der Waals surface area contributed by atoms with Crippen LogP contribution in [0.4, 0.5) is 11.4 Å². The number of benzene rings is 2. The Hall–Kier alpha value is -3.16. The number of hydrogen-bond acceptors (Lipinski definition) is 7. The van der Waals surface area contributed by atoms with Crippen molar-refractivity contribution >= 4 is 21.4 Å². The van der Waals surface area contributed by atoms with Gasteiger partial charge in [-0.25, -0.2) is 8.42 Å². The van der Waals surface area contributed by atoms with Gasteiger partial charge in [0.25, 0.3) is 15.7 Å². The van der Waals surface area contributed by atoms with Crippen LogP contribution >= 0.6 is 0 Å². The van der Waals surface area contributed by atoms with E-state index in [1.807, 2.05) is 6.07 Å². The molecule has 0 saturated carbocycles. The van der Waals surface area contributed by atoms with Gasteiger partial charge in [0.1, 0.15) is 17.5 Å². The monoisotopic (exact) mass is 389 g/mol. The number of aliphatic hydroxyl groups is 1. The highest BCUT2D eigenvalue weighted by molar-refractivity contribution is 7.92. The summed E-state index contributed by atoms with van der Waals surface area (Å²) in [5.74, 6) is 0.109. The third-order valence-electron chi connectivity index (χ3n) is 4.28. The molecule has 1 N–H and O–H groups in total. The Kier molecular flexibility index (Phi) is 4.73. The lowest BCUT2D eigenvalue weighted by Gasteiger charge is -2.40. The minimum absolute atomic E-state index is 0.00348. The third-order valence-corrected chi connectivity index (χ3v) is 6.17. The van der Waals surface area contributed by atoms with Crippen molar-refractivity contribution in [3.8, 4) is 11.8 Å². The molecule has 0 amide bonds. The van der Waals surface area contributed by atoms with Crippen LogP contribution in [0.2, 0.25) is 0 Å². The molecule has 27 heavy (non-hydrogen) atoms. The zero-order valence-corrected chi connectivity index (χ0v) is 15.0. The first kappa shape index (κ1) is 18.6. The lowest BCUT2D eigenvalue weighted by atomic mass is 10.1. The average Bonchev–Trinajstić information content (AvgIpc) is 2.66. The van der Waals surface area contributed by atoms with Crippen LogP contribution in [0, 0.1) is 21.4 Å². The van der Waals surface area contributed by atoms with E-state index in [1.54, 1.807) is 0 Å². The molecule has 140 valence electrons. The van der Waals surface area contributed by atoms with E-state index in [-0.39, 0.29) is 27.6 Å². The van der Waals surface area contributed by atoms with Gasteiger partial charge in [0.15, 0.2) is 0 Å². The molecule has 2 aromatic carbocycles. The lowest BCUT2D eigenvalue weighted by Crippen LogP contribution is -2.52. The van der Waals surface area contributed by atoms with Crippen molar-refractivity contribution in [3.05, 3.63) is 58.1 Å². The summed E-state index contributed by atoms with van der Waals surface area (Å²) >= 11 is 0. The van der Waals surface area contributed by atoms with Crippen LogP contribution < -0.4 is 9.04 Å². The van der Waals surface area contributed by atoms with Crippen LogP contribution in [0.15, 0.2) is 47.4 Å². The fourth-order valence-corrected chi connectivity index (χ4v) is 4.63. The second-order valence-corrected chi connectivity index (χ2v) is 7.74. The standard InChI is InChI=1S/C17H15N3O6S/c1-11-17(10-21)26-16-6-5-13(20(22)23)8-15(16)19(11)27(24,25)14-4-2-3-12(7-14)9-18/h2-8,11,17,21H,10H2,1H3/t11-,17?/m0/s1. The molecule has 9 nitrogen and oxygen atoms in total. The van der Waals surface area contributed by atoms with Crippen LogP contribution in [0.5, 0.6) is 5.75 Å². The van der Waals surface area contributed by atoms with Gasteiger partial charge in [0, 0.05) is 12.1 Å². The van der Waals surface area contributed by atoms with Gasteiger partial charge in [0.2, 0.25) is 0 Å². The lowest BCUT2D eigenvalue weighted by molar-refractivity contribution is -0.384. The molecule has 0 radical (unpaired) electrons. The number of rotatable bonds is 4. The predicted octanol–water partition coefficient (Wildman–Crippen LogP) is 1.80. The van der Waals surface area contributed by atoms with E-state index in [2.05, 4.69) is 0 Å². The Bertz CT molecular complexity index is 1050. The second kappa shape index (κ2) is 6.86. The quantitative estimate of drug-likeness (QED) is 0.622. The fraction of sp³-hybridized carbons (Fsp3) is 0.235. The summed E-state index contributed by atoms with van der Waals surface area (Å²) in [5, 5.41) is 29.7. The molecule has 2 atom stereocenters. The number of aliphatic hydroxyl groups excluding tert-OH is 1.